The zero-order chi connectivity index (χ0) is 41.1. The molecule has 7 aromatic rings. The van der Waals surface area contributed by atoms with Crippen LogP contribution < -0.4 is 10.6 Å². The molecule has 5 heteroatoms. The second-order valence-corrected chi connectivity index (χ2v) is 16.3. The standard InChI is InChI=1S/C56H49N5/c1-39-12-11-19-50-37-52-51(33-20-39)54-47(34-35-60(54)48-17-9-4-10-18-48)36-53(52)61(50)49-31-29-45(30-32-49)55(57)59-56(46-27-25-44(26-28-46)42-15-7-3-8-16-42)58-38-40-21-23-43(24-22-40)41-13-5-2-6-14-41/h2-3,5-8,11-17,19-36,39H,4,9-10,18,37-38H2,1H3,(H2,57,58,59)/b12-11-,33-20-,50-19?. The molecule has 0 saturated heterocycles. The van der Waals surface area contributed by atoms with E-state index >= 15 is 0 Å². The third kappa shape index (κ3) is 7.83. The van der Waals surface area contributed by atoms with Crippen molar-refractivity contribution < 1.29 is 0 Å². The van der Waals surface area contributed by atoms with Crippen LogP contribution in [0.1, 0.15) is 60.4 Å². The lowest BCUT2D eigenvalue weighted by molar-refractivity contribution is 0.721. The molecule has 0 saturated carbocycles. The van der Waals surface area contributed by atoms with E-state index in [1.807, 2.05) is 12.1 Å². The maximum atomic E-state index is 6.88. The van der Waals surface area contributed by atoms with E-state index in [2.05, 4.69) is 193 Å². The summed E-state index contributed by atoms with van der Waals surface area (Å²) in [5, 5.41) is 1.26. The summed E-state index contributed by atoms with van der Waals surface area (Å²) in [7, 11) is 0. The van der Waals surface area contributed by atoms with Gasteiger partial charge in [-0.05, 0) is 107 Å². The van der Waals surface area contributed by atoms with E-state index in [4.69, 9.17) is 15.7 Å². The maximum Gasteiger partial charge on any atom is 0.157 e. The number of amidine groups is 2. The fourth-order valence-electron chi connectivity index (χ4n) is 8.91. The first-order valence-corrected chi connectivity index (χ1v) is 21.6. The number of aliphatic imine (C=N–C) groups is 2. The van der Waals surface area contributed by atoms with Crippen molar-refractivity contribution in [3.05, 3.63) is 216 Å². The summed E-state index contributed by atoms with van der Waals surface area (Å²) in [4.78, 5) is 12.5. The molecule has 2 N–H and O–H groups in total. The van der Waals surface area contributed by atoms with E-state index in [-0.39, 0.29) is 0 Å². The number of nitrogens with two attached hydrogens (primary N) is 1. The Morgan fingerprint density at radius 3 is 2.07 bits per heavy atom. The van der Waals surface area contributed by atoms with Crippen LogP contribution in [0.25, 0.3) is 44.9 Å². The highest BCUT2D eigenvalue weighted by Crippen LogP contribution is 2.46. The monoisotopic (exact) mass is 791 g/mol. The van der Waals surface area contributed by atoms with E-state index in [0.717, 1.165) is 47.2 Å². The van der Waals surface area contributed by atoms with Crippen molar-refractivity contribution in [1.29, 1.82) is 0 Å². The summed E-state index contributed by atoms with van der Waals surface area (Å²) in [6, 6.07) is 51.1. The van der Waals surface area contributed by atoms with E-state index in [9.17, 15) is 0 Å². The quantitative estimate of drug-likeness (QED) is 0.123. The Morgan fingerprint density at radius 1 is 0.705 bits per heavy atom. The molecular formula is C56H49N5. The minimum atomic E-state index is 0.322. The lowest BCUT2D eigenvalue weighted by Crippen LogP contribution is -2.17. The molecule has 1 aliphatic heterocycles. The predicted octanol–water partition coefficient (Wildman–Crippen LogP) is 13.5. The minimum absolute atomic E-state index is 0.322. The van der Waals surface area contributed by atoms with Gasteiger partial charge >= 0.3 is 0 Å². The molecule has 0 radical (unpaired) electrons. The molecule has 3 aliphatic rings. The van der Waals surface area contributed by atoms with Crippen LogP contribution in [0.3, 0.4) is 0 Å². The van der Waals surface area contributed by atoms with Crippen molar-refractivity contribution in [2.75, 3.05) is 4.90 Å². The number of aromatic nitrogens is 1. The van der Waals surface area contributed by atoms with Crippen molar-refractivity contribution in [3.63, 3.8) is 0 Å². The molecule has 0 spiro atoms. The SMILES string of the molecule is CC1/C=C\C=C2Cc3c(cc4ccn(C5=CCCCC5)c4c3/C=C\1)N2c1ccc(C(N)=NC(=NCc2ccc(-c3ccccc3)cc2)c2ccc(-c3ccccc3)cc2)cc1. The van der Waals surface area contributed by atoms with Crippen LogP contribution in [0.2, 0.25) is 0 Å². The fraction of sp³-hybridized carbons (Fsp3) is 0.143. The molecule has 61 heavy (non-hydrogen) atoms. The fourth-order valence-corrected chi connectivity index (χ4v) is 8.91. The molecule has 2 heterocycles. The topological polar surface area (TPSA) is 58.9 Å². The molecule has 1 aromatic heterocycles. The first-order valence-electron chi connectivity index (χ1n) is 21.6. The first kappa shape index (κ1) is 38.0. The average molecular weight is 792 g/mol. The lowest BCUT2D eigenvalue weighted by atomic mass is 9.97. The van der Waals surface area contributed by atoms with Gasteiger partial charge in [-0.3, -0.25) is 4.99 Å². The molecule has 2 bridgehead atoms. The van der Waals surface area contributed by atoms with Gasteiger partial charge in [0.15, 0.2) is 5.84 Å². The number of allylic oxidation sites excluding steroid dienone is 7. The molecule has 6 aromatic carbocycles. The van der Waals surface area contributed by atoms with Crippen molar-refractivity contribution in [1.82, 2.24) is 4.57 Å². The molecule has 0 amide bonds. The Bertz CT molecular complexity index is 2890. The number of hydrogen-bond acceptors (Lipinski definition) is 2. The Hall–Kier alpha value is -7.24. The Balaban J connectivity index is 0.983. The molecule has 1 atom stereocenters. The summed E-state index contributed by atoms with van der Waals surface area (Å²) >= 11 is 0. The summed E-state index contributed by atoms with van der Waals surface area (Å²) in [6.07, 6.45) is 21.9. The number of nitrogens with zero attached hydrogens (tertiary/aromatic N) is 4. The summed E-state index contributed by atoms with van der Waals surface area (Å²) in [5.74, 6) is 1.34. The molecule has 1 unspecified atom stereocenters. The van der Waals surface area contributed by atoms with Crippen LogP contribution in [-0.4, -0.2) is 16.2 Å². The largest absolute Gasteiger partial charge is 0.383 e. The predicted molar refractivity (Wildman–Crippen MR) is 257 cm³/mol. The van der Waals surface area contributed by atoms with Gasteiger partial charge in [0, 0.05) is 51.8 Å². The van der Waals surface area contributed by atoms with Gasteiger partial charge < -0.3 is 15.2 Å². The normalized spacial score (nSPS) is 17.5. The molecule has 5 nitrogen and oxygen atoms in total. The number of benzene rings is 6. The number of hydrogen-bond donors (Lipinski definition) is 1. The minimum Gasteiger partial charge on any atom is -0.383 e. The Labute approximate surface area is 359 Å². The second kappa shape index (κ2) is 16.8. The van der Waals surface area contributed by atoms with E-state index in [0.29, 0.717) is 24.1 Å². The third-order valence-corrected chi connectivity index (χ3v) is 12.2. The van der Waals surface area contributed by atoms with Crippen LogP contribution in [0.4, 0.5) is 11.4 Å². The Kier molecular flexibility index (Phi) is 10.5. The number of fused-ring (bicyclic) bond motifs is 3. The molecule has 2 aliphatic carbocycles. The molecule has 298 valence electrons. The second-order valence-electron chi connectivity index (χ2n) is 16.3. The summed E-state index contributed by atoms with van der Waals surface area (Å²) in [5.41, 5.74) is 23.4. The molecule has 10 rings (SSSR count). The first-order chi connectivity index (χ1) is 30.1. The summed E-state index contributed by atoms with van der Waals surface area (Å²) < 4.78 is 2.46. The van der Waals surface area contributed by atoms with Gasteiger partial charge in [-0.2, -0.15) is 0 Å². The lowest BCUT2D eigenvalue weighted by Gasteiger charge is -2.23. The third-order valence-electron chi connectivity index (χ3n) is 12.2. The Morgan fingerprint density at radius 2 is 1.38 bits per heavy atom. The van der Waals surface area contributed by atoms with E-state index in [1.165, 1.54) is 68.6 Å². The van der Waals surface area contributed by atoms with Crippen molar-refractivity contribution in [2.24, 2.45) is 21.6 Å². The van der Waals surface area contributed by atoms with Gasteiger partial charge in [0.1, 0.15) is 5.84 Å². The maximum absolute atomic E-state index is 6.88. The van der Waals surface area contributed by atoms with Crippen molar-refractivity contribution in [2.45, 2.75) is 45.6 Å². The van der Waals surface area contributed by atoms with Crippen LogP contribution in [-0.2, 0) is 13.0 Å². The number of rotatable bonds is 8. The number of anilines is 2. The van der Waals surface area contributed by atoms with Gasteiger partial charge in [-0.1, -0.05) is 146 Å². The van der Waals surface area contributed by atoms with Gasteiger partial charge in [-0.25, -0.2) is 4.99 Å². The van der Waals surface area contributed by atoms with E-state index in [1.54, 1.807) is 0 Å². The highest BCUT2D eigenvalue weighted by atomic mass is 15.2. The van der Waals surface area contributed by atoms with Crippen LogP contribution >= 0.6 is 0 Å². The van der Waals surface area contributed by atoms with Crippen LogP contribution in [0.5, 0.6) is 0 Å². The molecule has 0 fully saturated rings. The molecular weight excluding hydrogens is 743 g/mol. The summed E-state index contributed by atoms with van der Waals surface area (Å²) in [6.45, 7) is 2.73. The highest BCUT2D eigenvalue weighted by molar-refractivity contribution is 6.11. The van der Waals surface area contributed by atoms with Gasteiger partial charge in [0.2, 0.25) is 0 Å². The van der Waals surface area contributed by atoms with Gasteiger partial charge in [-0.15, -0.1) is 0 Å². The van der Waals surface area contributed by atoms with Crippen molar-refractivity contribution in [3.8, 4) is 22.3 Å². The smallest absolute Gasteiger partial charge is 0.157 e. The van der Waals surface area contributed by atoms with Crippen LogP contribution in [0.15, 0.2) is 198 Å². The zero-order valence-electron chi connectivity index (χ0n) is 34.6. The van der Waals surface area contributed by atoms with Gasteiger partial charge in [0.05, 0.1) is 17.7 Å². The highest BCUT2D eigenvalue weighted by Gasteiger charge is 2.30. The van der Waals surface area contributed by atoms with Crippen molar-refractivity contribution >= 4 is 45.7 Å². The zero-order valence-corrected chi connectivity index (χ0v) is 34.6. The van der Waals surface area contributed by atoms with Gasteiger partial charge in [0.25, 0.3) is 0 Å². The average Bonchev–Trinajstić information content (AvgIpc) is 3.91. The van der Waals surface area contributed by atoms with E-state index < -0.39 is 0 Å². The van der Waals surface area contributed by atoms with Crippen LogP contribution in [0, 0.1) is 5.92 Å².